The number of carbonyl (C=O) groups excluding carboxylic acids is 2. The first-order valence-electron chi connectivity index (χ1n) is 9.60. The van der Waals surface area contributed by atoms with E-state index in [0.29, 0.717) is 29.4 Å². The molecule has 1 aliphatic heterocycles. The second-order valence-corrected chi connectivity index (χ2v) is 7.94. The Morgan fingerprint density at radius 2 is 1.91 bits per heavy atom. The predicted octanol–water partition coefficient (Wildman–Crippen LogP) is 4.67. The molecular formula is C22H17FN4O4S. The largest absolute Gasteiger partial charge is 0.336 e. The fourth-order valence-electron chi connectivity index (χ4n) is 3.21. The molecule has 0 spiro atoms. The average molecular weight is 452 g/mol. The summed E-state index contributed by atoms with van der Waals surface area (Å²) in [7, 11) is 0. The molecule has 2 N–H and O–H groups in total. The van der Waals surface area contributed by atoms with Crippen molar-refractivity contribution in [3.05, 3.63) is 88.2 Å². The summed E-state index contributed by atoms with van der Waals surface area (Å²) in [5.74, 6) is -1.05. The van der Waals surface area contributed by atoms with E-state index in [1.807, 2.05) is 0 Å². The third kappa shape index (κ3) is 4.54. The molecule has 0 aromatic heterocycles. The molecule has 0 atom stereocenters. The molecule has 1 heterocycles. The highest BCUT2D eigenvalue weighted by Gasteiger charge is 2.22. The van der Waals surface area contributed by atoms with Crippen molar-refractivity contribution in [2.75, 3.05) is 23.3 Å². The number of nitro groups is 1. The number of nitrogens with one attached hydrogen (secondary N) is 2. The van der Waals surface area contributed by atoms with E-state index in [1.165, 1.54) is 18.2 Å². The van der Waals surface area contributed by atoms with Crippen LogP contribution in [0.3, 0.4) is 0 Å². The zero-order chi connectivity index (χ0) is 22.7. The molecule has 1 saturated heterocycles. The van der Waals surface area contributed by atoms with E-state index in [1.54, 1.807) is 47.4 Å². The van der Waals surface area contributed by atoms with E-state index < -0.39 is 16.6 Å². The van der Waals surface area contributed by atoms with Gasteiger partial charge in [0.1, 0.15) is 5.82 Å². The van der Waals surface area contributed by atoms with Gasteiger partial charge in [0.25, 0.3) is 11.6 Å². The number of urea groups is 1. The summed E-state index contributed by atoms with van der Waals surface area (Å²) in [4.78, 5) is 37.8. The number of hydrogen-bond donors (Lipinski definition) is 2. The number of carbonyl (C=O) groups is 2. The first-order valence-corrected chi connectivity index (χ1v) is 10.4. The summed E-state index contributed by atoms with van der Waals surface area (Å²) in [5, 5.41) is 16.7. The standard InChI is InChI=1S/C22H17FN4O4S/c23-18-6-1-2-7-20(18)32-19-9-8-16(27(30)31)13-17(19)21(28)25-14-4-3-5-15(12-14)26-11-10-24-22(26)29/h1-9,12-13H,10-11H2,(H,24,29)(H,25,28). The van der Waals surface area contributed by atoms with Gasteiger partial charge in [0, 0.05) is 46.4 Å². The Balaban J connectivity index is 1.64. The lowest BCUT2D eigenvalue weighted by Gasteiger charge is -2.16. The highest BCUT2D eigenvalue weighted by molar-refractivity contribution is 7.99. The molecule has 0 saturated carbocycles. The Bertz CT molecular complexity index is 1220. The van der Waals surface area contributed by atoms with Crippen LogP contribution in [-0.4, -0.2) is 30.0 Å². The summed E-state index contributed by atoms with van der Waals surface area (Å²) < 4.78 is 14.1. The van der Waals surface area contributed by atoms with Crippen molar-refractivity contribution in [2.24, 2.45) is 0 Å². The van der Waals surface area contributed by atoms with Crippen molar-refractivity contribution in [3.8, 4) is 0 Å². The number of benzene rings is 3. The highest BCUT2D eigenvalue weighted by Crippen LogP contribution is 2.34. The molecule has 1 aliphatic rings. The van der Waals surface area contributed by atoms with E-state index in [9.17, 15) is 24.1 Å². The van der Waals surface area contributed by atoms with Crippen LogP contribution in [0.15, 0.2) is 76.5 Å². The molecule has 1 fully saturated rings. The molecule has 8 nitrogen and oxygen atoms in total. The number of rotatable bonds is 6. The number of nitrogens with zero attached hydrogens (tertiary/aromatic N) is 2. The van der Waals surface area contributed by atoms with Crippen LogP contribution in [0, 0.1) is 15.9 Å². The molecule has 4 rings (SSSR count). The topological polar surface area (TPSA) is 105 Å². The number of anilines is 2. The minimum atomic E-state index is -0.596. The number of nitro benzene ring substituents is 1. The summed E-state index contributed by atoms with van der Waals surface area (Å²) >= 11 is 1.00. The normalized spacial score (nSPS) is 13.0. The molecule has 3 aromatic carbocycles. The van der Waals surface area contributed by atoms with Crippen LogP contribution in [0.5, 0.6) is 0 Å². The van der Waals surface area contributed by atoms with Crippen molar-refractivity contribution in [3.63, 3.8) is 0 Å². The SMILES string of the molecule is O=C(Nc1cccc(N2CCNC2=O)c1)c1cc([N+](=O)[O-])ccc1Sc1ccccc1F. The molecule has 32 heavy (non-hydrogen) atoms. The third-order valence-corrected chi connectivity index (χ3v) is 5.87. The zero-order valence-electron chi connectivity index (χ0n) is 16.6. The van der Waals surface area contributed by atoms with Gasteiger partial charge < -0.3 is 10.6 Å². The first-order chi connectivity index (χ1) is 15.4. The molecule has 10 heteroatoms. The van der Waals surface area contributed by atoms with Gasteiger partial charge in [-0.25, -0.2) is 9.18 Å². The number of halogens is 1. The Hall–Kier alpha value is -3.92. The van der Waals surface area contributed by atoms with E-state index in [-0.39, 0.29) is 22.2 Å². The minimum Gasteiger partial charge on any atom is -0.336 e. The molecule has 3 amide bonds. The van der Waals surface area contributed by atoms with Gasteiger partial charge in [-0.2, -0.15) is 0 Å². The lowest BCUT2D eigenvalue weighted by atomic mass is 10.1. The maximum absolute atomic E-state index is 14.1. The second-order valence-electron chi connectivity index (χ2n) is 6.86. The van der Waals surface area contributed by atoms with Crippen LogP contribution in [0.4, 0.5) is 26.2 Å². The highest BCUT2D eigenvalue weighted by atomic mass is 32.2. The first kappa shape index (κ1) is 21.3. The molecule has 0 unspecified atom stereocenters. The third-order valence-electron chi connectivity index (χ3n) is 4.75. The monoisotopic (exact) mass is 452 g/mol. The summed E-state index contributed by atoms with van der Waals surface area (Å²) in [5.41, 5.74) is 0.811. The van der Waals surface area contributed by atoms with Crippen molar-refractivity contribution < 1.29 is 18.9 Å². The van der Waals surface area contributed by atoms with Gasteiger partial charge in [-0.05, 0) is 36.4 Å². The lowest BCUT2D eigenvalue weighted by Crippen LogP contribution is -2.27. The van der Waals surface area contributed by atoms with Crippen molar-refractivity contribution in [2.45, 2.75) is 9.79 Å². The Morgan fingerprint density at radius 1 is 1.09 bits per heavy atom. The lowest BCUT2D eigenvalue weighted by molar-refractivity contribution is -0.384. The minimum absolute atomic E-state index is 0.0387. The van der Waals surface area contributed by atoms with Gasteiger partial charge in [-0.15, -0.1) is 0 Å². The maximum atomic E-state index is 14.1. The fraction of sp³-hybridized carbons (Fsp3) is 0.0909. The van der Waals surface area contributed by atoms with Crippen molar-refractivity contribution in [1.29, 1.82) is 0 Å². The molecule has 3 aromatic rings. The number of hydrogen-bond acceptors (Lipinski definition) is 5. The van der Waals surface area contributed by atoms with Crippen molar-refractivity contribution >= 4 is 40.8 Å². The predicted molar refractivity (Wildman–Crippen MR) is 119 cm³/mol. The van der Waals surface area contributed by atoms with Crippen LogP contribution >= 0.6 is 11.8 Å². The van der Waals surface area contributed by atoms with E-state index in [4.69, 9.17) is 0 Å². The van der Waals surface area contributed by atoms with Gasteiger partial charge >= 0.3 is 6.03 Å². The molecular weight excluding hydrogens is 435 g/mol. The van der Waals surface area contributed by atoms with Crippen LogP contribution in [-0.2, 0) is 0 Å². The molecule has 162 valence electrons. The van der Waals surface area contributed by atoms with Crippen LogP contribution in [0.1, 0.15) is 10.4 Å². The van der Waals surface area contributed by atoms with E-state index >= 15 is 0 Å². The zero-order valence-corrected chi connectivity index (χ0v) is 17.4. The van der Waals surface area contributed by atoms with Crippen molar-refractivity contribution in [1.82, 2.24) is 5.32 Å². The number of non-ortho nitro benzene ring substituents is 1. The molecule has 0 radical (unpaired) electrons. The number of amides is 3. The summed E-state index contributed by atoms with van der Waals surface area (Å²) in [6, 6.07) is 16.4. The fourth-order valence-corrected chi connectivity index (χ4v) is 4.16. The Labute approximate surface area is 186 Å². The quantitative estimate of drug-likeness (QED) is 0.418. The van der Waals surface area contributed by atoms with Gasteiger partial charge in [0.2, 0.25) is 0 Å². The summed E-state index contributed by atoms with van der Waals surface area (Å²) in [6.45, 7) is 1.03. The van der Waals surface area contributed by atoms with Crippen LogP contribution < -0.4 is 15.5 Å². The van der Waals surface area contributed by atoms with Crippen LogP contribution in [0.2, 0.25) is 0 Å². The summed E-state index contributed by atoms with van der Waals surface area (Å²) in [6.07, 6.45) is 0. The van der Waals surface area contributed by atoms with Gasteiger partial charge in [0.05, 0.1) is 10.5 Å². The van der Waals surface area contributed by atoms with Gasteiger partial charge in [0.15, 0.2) is 0 Å². The van der Waals surface area contributed by atoms with Crippen LogP contribution in [0.25, 0.3) is 0 Å². The average Bonchev–Trinajstić information content (AvgIpc) is 3.21. The molecule has 0 bridgehead atoms. The second kappa shape index (κ2) is 9.06. The van der Waals surface area contributed by atoms with Gasteiger partial charge in [-0.1, -0.05) is 30.0 Å². The Kier molecular flexibility index (Phi) is 6.04. The maximum Gasteiger partial charge on any atom is 0.321 e. The smallest absolute Gasteiger partial charge is 0.321 e. The molecule has 0 aliphatic carbocycles. The van der Waals surface area contributed by atoms with E-state index in [0.717, 1.165) is 17.8 Å². The van der Waals surface area contributed by atoms with E-state index in [2.05, 4.69) is 10.6 Å². The Morgan fingerprint density at radius 3 is 2.62 bits per heavy atom. The van der Waals surface area contributed by atoms with Gasteiger partial charge in [-0.3, -0.25) is 19.8 Å².